The van der Waals surface area contributed by atoms with Gasteiger partial charge in [0, 0.05) is 42.0 Å². The van der Waals surface area contributed by atoms with Crippen LogP contribution in [0.3, 0.4) is 0 Å². The van der Waals surface area contributed by atoms with Gasteiger partial charge in [0.2, 0.25) is 5.91 Å². The van der Waals surface area contributed by atoms with Crippen molar-refractivity contribution in [1.82, 2.24) is 10.6 Å². The number of hydrogen-bond acceptors (Lipinski definition) is 3. The molecule has 2 aromatic carbocycles. The summed E-state index contributed by atoms with van der Waals surface area (Å²) in [6.45, 7) is 0.967. The highest BCUT2D eigenvalue weighted by molar-refractivity contribution is 6.07. The Morgan fingerprint density at radius 1 is 0.889 bits per heavy atom. The zero-order valence-corrected chi connectivity index (χ0v) is 20.6. The van der Waals surface area contributed by atoms with E-state index in [9.17, 15) is 14.4 Å². The molecule has 0 unspecified atom stereocenters. The summed E-state index contributed by atoms with van der Waals surface area (Å²) < 4.78 is 0. The van der Waals surface area contributed by atoms with E-state index in [2.05, 4.69) is 22.0 Å². The Morgan fingerprint density at radius 3 is 2.25 bits per heavy atom. The Bertz CT molecular complexity index is 1140. The van der Waals surface area contributed by atoms with Crippen LogP contribution >= 0.6 is 0 Å². The highest BCUT2D eigenvalue weighted by Crippen LogP contribution is 2.55. The number of rotatable bonds is 6. The van der Waals surface area contributed by atoms with Gasteiger partial charge >= 0.3 is 6.03 Å². The van der Waals surface area contributed by atoms with Crippen LogP contribution in [0.2, 0.25) is 0 Å². The van der Waals surface area contributed by atoms with Crippen molar-refractivity contribution in [1.29, 1.82) is 0 Å². The molecular formula is C29H34N4O3. The number of nitrogens with zero attached hydrogens (tertiary/aromatic N) is 1. The van der Waals surface area contributed by atoms with Gasteiger partial charge in [0.1, 0.15) is 0 Å². The van der Waals surface area contributed by atoms with Crippen molar-refractivity contribution in [2.75, 3.05) is 23.3 Å². The second-order valence-corrected chi connectivity index (χ2v) is 11.3. The summed E-state index contributed by atoms with van der Waals surface area (Å²) in [5.41, 5.74) is 3.36. The van der Waals surface area contributed by atoms with Gasteiger partial charge in [-0.15, -0.1) is 0 Å². The van der Waals surface area contributed by atoms with Crippen LogP contribution < -0.4 is 20.9 Å². The number of anilines is 2. The van der Waals surface area contributed by atoms with Crippen molar-refractivity contribution in [3.63, 3.8) is 0 Å². The third kappa shape index (κ3) is 4.59. The van der Waals surface area contributed by atoms with Gasteiger partial charge in [-0.1, -0.05) is 18.2 Å². The number of fused-ring (bicyclic) bond motifs is 1. The number of nitrogens with one attached hydrogen (secondary N) is 3. The Morgan fingerprint density at radius 2 is 1.56 bits per heavy atom. The fourth-order valence-electron chi connectivity index (χ4n) is 7.46. The van der Waals surface area contributed by atoms with Gasteiger partial charge in [-0.05, 0) is 98.6 Å². The standard InChI is InChI=1S/C29H34N4O3/c34-26(9-11-30-28(36)32-29-16-19-13-20(17-29)15-21(14-19)18-29)31-24-7-5-23(6-8-24)27(35)33-12-10-22-3-1-2-4-25(22)33/h1-8,19-21H,9-18H2,(H,31,34)(H2,30,32,36). The summed E-state index contributed by atoms with van der Waals surface area (Å²) in [6, 6.07) is 14.8. The predicted octanol–water partition coefficient (Wildman–Crippen LogP) is 4.49. The van der Waals surface area contributed by atoms with Crippen LogP contribution in [-0.4, -0.2) is 36.5 Å². The Labute approximate surface area is 212 Å². The zero-order chi connectivity index (χ0) is 24.7. The average Bonchev–Trinajstić information content (AvgIpc) is 3.27. The lowest BCUT2D eigenvalue weighted by molar-refractivity contribution is -0.116. The van der Waals surface area contributed by atoms with Gasteiger partial charge in [-0.25, -0.2) is 4.79 Å². The van der Waals surface area contributed by atoms with Crippen LogP contribution in [0.1, 0.15) is 60.9 Å². The largest absolute Gasteiger partial charge is 0.338 e. The molecule has 0 atom stereocenters. The third-order valence-electron chi connectivity index (χ3n) is 8.60. The highest BCUT2D eigenvalue weighted by Gasteiger charge is 2.51. The minimum Gasteiger partial charge on any atom is -0.338 e. The molecule has 4 amide bonds. The highest BCUT2D eigenvalue weighted by atomic mass is 16.2. The van der Waals surface area contributed by atoms with E-state index in [0.29, 0.717) is 17.8 Å². The number of carbonyl (C=O) groups excluding carboxylic acids is 3. The van der Waals surface area contributed by atoms with Gasteiger partial charge in [0.15, 0.2) is 0 Å². The SMILES string of the molecule is O=C(CCNC(=O)NC12CC3CC(CC(C3)C1)C2)Nc1ccc(C(=O)N2CCc3ccccc32)cc1. The molecule has 2 aromatic rings. The molecule has 4 saturated carbocycles. The Kier molecular flexibility index (Phi) is 5.94. The molecule has 0 spiro atoms. The van der Waals surface area contributed by atoms with Gasteiger partial charge in [-0.3, -0.25) is 9.59 Å². The quantitative estimate of drug-likeness (QED) is 0.562. The van der Waals surface area contributed by atoms with Crippen LogP contribution in [0.25, 0.3) is 0 Å². The van der Waals surface area contributed by atoms with E-state index in [-0.39, 0.29) is 36.3 Å². The summed E-state index contributed by atoms with van der Waals surface area (Å²) in [5.74, 6) is 2.12. The van der Waals surface area contributed by atoms with Crippen molar-refractivity contribution < 1.29 is 14.4 Å². The maximum absolute atomic E-state index is 13.0. The van der Waals surface area contributed by atoms with Gasteiger partial charge < -0.3 is 20.9 Å². The molecule has 188 valence electrons. The third-order valence-corrected chi connectivity index (χ3v) is 8.60. The molecule has 0 radical (unpaired) electrons. The van der Waals surface area contributed by atoms with Crippen LogP contribution in [0, 0.1) is 17.8 Å². The van der Waals surface area contributed by atoms with Crippen molar-refractivity contribution in [3.05, 3.63) is 59.7 Å². The normalized spacial score (nSPS) is 27.4. The molecule has 0 aromatic heterocycles. The molecular weight excluding hydrogens is 452 g/mol. The first-order valence-electron chi connectivity index (χ1n) is 13.3. The topological polar surface area (TPSA) is 90.5 Å². The molecule has 0 saturated heterocycles. The fraction of sp³-hybridized carbons (Fsp3) is 0.483. The van der Waals surface area contributed by atoms with E-state index >= 15 is 0 Å². The van der Waals surface area contributed by atoms with E-state index < -0.39 is 0 Å². The second-order valence-electron chi connectivity index (χ2n) is 11.3. The molecule has 4 fully saturated rings. The number of urea groups is 1. The van der Waals surface area contributed by atoms with Crippen LogP contribution in [0.5, 0.6) is 0 Å². The minimum absolute atomic E-state index is 0.0303. The summed E-state index contributed by atoms with van der Waals surface area (Å²) >= 11 is 0. The van der Waals surface area contributed by atoms with Crippen LogP contribution in [0.15, 0.2) is 48.5 Å². The van der Waals surface area contributed by atoms with Gasteiger partial charge in [-0.2, -0.15) is 0 Å². The molecule has 1 aliphatic heterocycles. The maximum Gasteiger partial charge on any atom is 0.315 e. The molecule has 1 heterocycles. The lowest BCUT2D eigenvalue weighted by Gasteiger charge is -2.56. The summed E-state index contributed by atoms with van der Waals surface area (Å²) in [5, 5.41) is 9.01. The first-order chi connectivity index (χ1) is 17.5. The van der Waals surface area contributed by atoms with E-state index in [1.165, 1.54) is 24.8 Å². The number of carbonyl (C=O) groups is 3. The molecule has 4 aliphatic carbocycles. The summed E-state index contributed by atoms with van der Waals surface area (Å²) in [6.07, 6.45) is 8.39. The van der Waals surface area contributed by atoms with Gasteiger partial charge in [0.05, 0.1) is 0 Å². The molecule has 7 rings (SSSR count). The predicted molar refractivity (Wildman–Crippen MR) is 139 cm³/mol. The van der Waals surface area contributed by atoms with Gasteiger partial charge in [0.25, 0.3) is 5.91 Å². The number of amides is 4. The summed E-state index contributed by atoms with van der Waals surface area (Å²) in [7, 11) is 0. The minimum atomic E-state index is -0.169. The van der Waals surface area contributed by atoms with E-state index in [1.807, 2.05) is 23.1 Å². The first kappa shape index (κ1) is 23.1. The van der Waals surface area contributed by atoms with Crippen LogP contribution in [-0.2, 0) is 11.2 Å². The van der Waals surface area contributed by atoms with Crippen molar-refractivity contribution in [2.24, 2.45) is 17.8 Å². The zero-order valence-electron chi connectivity index (χ0n) is 20.6. The van der Waals surface area contributed by atoms with E-state index in [1.54, 1.807) is 24.3 Å². The fourth-order valence-corrected chi connectivity index (χ4v) is 7.46. The summed E-state index contributed by atoms with van der Waals surface area (Å²) in [4.78, 5) is 39.8. The van der Waals surface area contributed by atoms with E-state index in [4.69, 9.17) is 0 Å². The van der Waals surface area contributed by atoms with E-state index in [0.717, 1.165) is 49.1 Å². The number of hydrogen-bond donors (Lipinski definition) is 3. The first-order valence-corrected chi connectivity index (χ1v) is 13.3. The van der Waals surface area contributed by atoms with Crippen molar-refractivity contribution in [2.45, 2.75) is 56.9 Å². The molecule has 3 N–H and O–H groups in total. The monoisotopic (exact) mass is 486 g/mol. The molecule has 5 aliphatic rings. The molecule has 7 nitrogen and oxygen atoms in total. The lowest BCUT2D eigenvalue weighted by atomic mass is 9.53. The van der Waals surface area contributed by atoms with Crippen molar-refractivity contribution >= 4 is 29.2 Å². The smallest absolute Gasteiger partial charge is 0.315 e. The Balaban J connectivity index is 0.960. The van der Waals surface area contributed by atoms with Crippen LogP contribution in [0.4, 0.5) is 16.2 Å². The number of para-hydroxylation sites is 1. The molecule has 7 heteroatoms. The average molecular weight is 487 g/mol. The lowest BCUT2D eigenvalue weighted by Crippen LogP contribution is -2.61. The second kappa shape index (κ2) is 9.26. The Hall–Kier alpha value is -3.35. The number of benzene rings is 2. The molecule has 4 bridgehead atoms. The van der Waals surface area contributed by atoms with Crippen molar-refractivity contribution in [3.8, 4) is 0 Å². The maximum atomic E-state index is 13.0. The molecule has 36 heavy (non-hydrogen) atoms.